The van der Waals surface area contributed by atoms with Crippen molar-refractivity contribution in [2.24, 2.45) is 0 Å². The summed E-state index contributed by atoms with van der Waals surface area (Å²) >= 11 is 0. The van der Waals surface area contributed by atoms with Gasteiger partial charge in [0.1, 0.15) is 0 Å². The first-order valence-corrected chi connectivity index (χ1v) is 5.64. The maximum atomic E-state index is 11.3. The summed E-state index contributed by atoms with van der Waals surface area (Å²) in [6, 6.07) is 0.517. The molecule has 1 rings (SSSR count). The first-order valence-electron chi connectivity index (χ1n) is 5.64. The van der Waals surface area contributed by atoms with E-state index in [9.17, 15) is 4.79 Å². The summed E-state index contributed by atoms with van der Waals surface area (Å²) in [6.45, 7) is 3.70. The highest BCUT2D eigenvalue weighted by Crippen LogP contribution is 2.12. The Balaban J connectivity index is 2.11. The van der Waals surface area contributed by atoms with E-state index in [1.165, 1.54) is 0 Å². The predicted octanol–water partition coefficient (Wildman–Crippen LogP) is 0.622. The van der Waals surface area contributed by atoms with Gasteiger partial charge in [-0.2, -0.15) is 0 Å². The van der Waals surface area contributed by atoms with Crippen molar-refractivity contribution in [2.45, 2.75) is 38.3 Å². The number of ether oxygens (including phenoxy) is 1. The van der Waals surface area contributed by atoms with Crippen LogP contribution in [0.2, 0.25) is 0 Å². The van der Waals surface area contributed by atoms with Crippen molar-refractivity contribution in [3.05, 3.63) is 0 Å². The Labute approximate surface area is 92.0 Å². The first-order chi connectivity index (χ1) is 7.09. The fraction of sp³-hybridized carbons (Fsp3) is 0.909. The van der Waals surface area contributed by atoms with Crippen LogP contribution in [-0.2, 0) is 9.53 Å². The van der Waals surface area contributed by atoms with Crippen LogP contribution in [0.25, 0.3) is 0 Å². The quantitative estimate of drug-likeness (QED) is 0.746. The van der Waals surface area contributed by atoms with Crippen LogP contribution >= 0.6 is 0 Å². The van der Waals surface area contributed by atoms with E-state index < -0.39 is 0 Å². The van der Waals surface area contributed by atoms with Crippen LogP contribution in [0.3, 0.4) is 0 Å². The summed E-state index contributed by atoms with van der Waals surface area (Å²) in [4.78, 5) is 12.9. The average molecular weight is 214 g/mol. The van der Waals surface area contributed by atoms with Gasteiger partial charge in [0.25, 0.3) is 0 Å². The Morgan fingerprint density at radius 1 is 1.53 bits per heavy atom. The van der Waals surface area contributed by atoms with Crippen molar-refractivity contribution in [3.8, 4) is 0 Å². The van der Waals surface area contributed by atoms with Gasteiger partial charge in [0.15, 0.2) is 0 Å². The smallest absolute Gasteiger partial charge is 0.223 e. The number of carbonyl (C=O) groups excluding carboxylic acids is 1. The van der Waals surface area contributed by atoms with Crippen LogP contribution in [0.1, 0.15) is 26.2 Å². The van der Waals surface area contributed by atoms with Crippen molar-refractivity contribution >= 4 is 5.91 Å². The number of hydrogen-bond donors (Lipinski definition) is 1. The van der Waals surface area contributed by atoms with E-state index in [1.54, 1.807) is 19.0 Å². The molecule has 1 amide bonds. The van der Waals surface area contributed by atoms with Crippen molar-refractivity contribution in [1.82, 2.24) is 10.2 Å². The lowest BCUT2D eigenvalue weighted by Crippen LogP contribution is -2.39. The molecule has 0 saturated carbocycles. The molecule has 0 aromatic rings. The zero-order chi connectivity index (χ0) is 11.3. The SMILES string of the molecule is CC1CC(NCCC(=O)N(C)C)CCO1. The first kappa shape index (κ1) is 12.5. The third-order valence-electron chi connectivity index (χ3n) is 2.76. The minimum absolute atomic E-state index is 0.183. The monoisotopic (exact) mass is 214 g/mol. The summed E-state index contributed by atoms with van der Waals surface area (Å²) in [6.07, 6.45) is 3.04. The van der Waals surface area contributed by atoms with Gasteiger partial charge in [0, 0.05) is 39.7 Å². The highest BCUT2D eigenvalue weighted by molar-refractivity contribution is 5.75. The van der Waals surface area contributed by atoms with Crippen LogP contribution in [0, 0.1) is 0 Å². The topological polar surface area (TPSA) is 41.6 Å². The fourth-order valence-corrected chi connectivity index (χ4v) is 1.79. The number of amides is 1. The summed E-state index contributed by atoms with van der Waals surface area (Å²) in [5, 5.41) is 3.41. The summed E-state index contributed by atoms with van der Waals surface area (Å²) < 4.78 is 5.46. The number of rotatable bonds is 4. The highest BCUT2D eigenvalue weighted by atomic mass is 16.5. The summed E-state index contributed by atoms with van der Waals surface area (Å²) in [5.74, 6) is 0.183. The van der Waals surface area contributed by atoms with E-state index in [1.807, 2.05) is 0 Å². The van der Waals surface area contributed by atoms with Crippen LogP contribution < -0.4 is 5.32 Å². The number of hydrogen-bond acceptors (Lipinski definition) is 3. The lowest BCUT2D eigenvalue weighted by Gasteiger charge is -2.28. The van der Waals surface area contributed by atoms with Crippen LogP contribution in [-0.4, -0.2) is 50.2 Å². The Hall–Kier alpha value is -0.610. The highest BCUT2D eigenvalue weighted by Gasteiger charge is 2.18. The lowest BCUT2D eigenvalue weighted by atomic mass is 10.0. The van der Waals surface area contributed by atoms with Gasteiger partial charge in [-0.25, -0.2) is 0 Å². The molecule has 2 unspecified atom stereocenters. The third-order valence-corrected chi connectivity index (χ3v) is 2.76. The van der Waals surface area contributed by atoms with Gasteiger partial charge in [-0.3, -0.25) is 4.79 Å². The molecule has 1 fully saturated rings. The third kappa shape index (κ3) is 4.62. The Kier molecular flexibility index (Phi) is 5.05. The maximum absolute atomic E-state index is 11.3. The van der Waals surface area contributed by atoms with Gasteiger partial charge in [-0.15, -0.1) is 0 Å². The Morgan fingerprint density at radius 2 is 2.27 bits per heavy atom. The number of nitrogens with one attached hydrogen (secondary N) is 1. The molecule has 0 spiro atoms. The lowest BCUT2D eigenvalue weighted by molar-refractivity contribution is -0.128. The standard InChI is InChI=1S/C11H22N2O2/c1-9-8-10(5-7-15-9)12-6-4-11(14)13(2)3/h9-10,12H,4-8H2,1-3H3. The molecular weight excluding hydrogens is 192 g/mol. The molecular formula is C11H22N2O2. The fourth-order valence-electron chi connectivity index (χ4n) is 1.79. The van der Waals surface area contributed by atoms with Gasteiger partial charge in [-0.1, -0.05) is 0 Å². The van der Waals surface area contributed by atoms with Crippen molar-refractivity contribution in [3.63, 3.8) is 0 Å². The second-order valence-corrected chi connectivity index (χ2v) is 4.39. The van der Waals surface area contributed by atoms with Crippen molar-refractivity contribution in [2.75, 3.05) is 27.2 Å². The largest absolute Gasteiger partial charge is 0.378 e. The van der Waals surface area contributed by atoms with Gasteiger partial charge in [0.05, 0.1) is 6.10 Å². The maximum Gasteiger partial charge on any atom is 0.223 e. The minimum Gasteiger partial charge on any atom is -0.378 e. The molecule has 0 aromatic carbocycles. The zero-order valence-electron chi connectivity index (χ0n) is 9.95. The van der Waals surface area contributed by atoms with E-state index in [-0.39, 0.29) is 5.91 Å². The van der Waals surface area contributed by atoms with Crippen molar-refractivity contribution in [1.29, 1.82) is 0 Å². The molecule has 2 atom stereocenters. The molecule has 15 heavy (non-hydrogen) atoms. The van der Waals surface area contributed by atoms with E-state index in [0.717, 1.165) is 26.0 Å². The molecule has 0 aliphatic carbocycles. The summed E-state index contributed by atoms with van der Waals surface area (Å²) in [7, 11) is 3.58. The minimum atomic E-state index is 0.183. The van der Waals surface area contributed by atoms with Crippen LogP contribution in [0.15, 0.2) is 0 Å². The van der Waals surface area contributed by atoms with E-state index in [4.69, 9.17) is 4.74 Å². The molecule has 1 saturated heterocycles. The van der Waals surface area contributed by atoms with Crippen LogP contribution in [0.4, 0.5) is 0 Å². The predicted molar refractivity (Wildman–Crippen MR) is 59.7 cm³/mol. The molecule has 0 radical (unpaired) electrons. The second-order valence-electron chi connectivity index (χ2n) is 4.39. The van der Waals surface area contributed by atoms with Crippen LogP contribution in [0.5, 0.6) is 0 Å². The van der Waals surface area contributed by atoms with Crippen molar-refractivity contribution < 1.29 is 9.53 Å². The van der Waals surface area contributed by atoms with Gasteiger partial charge in [0.2, 0.25) is 5.91 Å². The summed E-state index contributed by atoms with van der Waals surface area (Å²) in [5.41, 5.74) is 0. The molecule has 4 heteroatoms. The molecule has 1 N–H and O–H groups in total. The molecule has 0 bridgehead atoms. The molecule has 0 aromatic heterocycles. The van der Waals surface area contributed by atoms with Gasteiger partial charge in [-0.05, 0) is 19.8 Å². The van der Waals surface area contributed by atoms with E-state index >= 15 is 0 Å². The van der Waals surface area contributed by atoms with E-state index in [0.29, 0.717) is 18.6 Å². The molecule has 1 aliphatic rings. The molecule has 88 valence electrons. The zero-order valence-corrected chi connectivity index (χ0v) is 9.95. The van der Waals surface area contributed by atoms with Gasteiger partial charge >= 0.3 is 0 Å². The normalized spacial score (nSPS) is 26.3. The second kappa shape index (κ2) is 6.08. The Bertz CT molecular complexity index is 207. The number of nitrogens with zero attached hydrogens (tertiary/aromatic N) is 1. The number of carbonyl (C=O) groups is 1. The van der Waals surface area contributed by atoms with Gasteiger partial charge < -0.3 is 15.0 Å². The molecule has 1 heterocycles. The average Bonchev–Trinajstić information content (AvgIpc) is 2.17. The van der Waals surface area contributed by atoms with E-state index in [2.05, 4.69) is 12.2 Å². The molecule has 1 aliphatic heterocycles. The Morgan fingerprint density at radius 3 is 2.87 bits per heavy atom. The molecule has 4 nitrogen and oxygen atoms in total.